The van der Waals surface area contributed by atoms with Gasteiger partial charge in [-0.15, -0.1) is 0 Å². The van der Waals surface area contributed by atoms with E-state index in [1.54, 1.807) is 0 Å². The van der Waals surface area contributed by atoms with Crippen LogP contribution in [0.4, 0.5) is 9.59 Å². The first-order valence-corrected chi connectivity index (χ1v) is 7.59. The summed E-state index contributed by atoms with van der Waals surface area (Å²) >= 11 is 0. The number of carbonyl (C=O) groups is 2. The summed E-state index contributed by atoms with van der Waals surface area (Å²) in [6.45, 7) is 0. The van der Waals surface area contributed by atoms with Crippen LogP contribution in [0.15, 0.2) is 24.3 Å². The van der Waals surface area contributed by atoms with Gasteiger partial charge in [0.2, 0.25) is 0 Å². The van der Waals surface area contributed by atoms with Crippen molar-refractivity contribution in [2.75, 3.05) is 0 Å². The molecule has 4 atom stereocenters. The van der Waals surface area contributed by atoms with Crippen LogP contribution < -0.4 is 11.5 Å². The average molecular weight is 304 g/mol. The van der Waals surface area contributed by atoms with Crippen molar-refractivity contribution in [3.8, 4) is 0 Å². The maximum Gasteiger partial charge on any atom is 0.405 e. The van der Waals surface area contributed by atoms with Gasteiger partial charge >= 0.3 is 12.2 Å². The van der Waals surface area contributed by atoms with Crippen LogP contribution in [0.2, 0.25) is 0 Å². The summed E-state index contributed by atoms with van der Waals surface area (Å²) in [6.07, 6.45) is 1.13. The molecule has 1 aromatic carbocycles. The zero-order valence-electron chi connectivity index (χ0n) is 12.2. The van der Waals surface area contributed by atoms with Gasteiger partial charge in [-0.05, 0) is 29.9 Å². The van der Waals surface area contributed by atoms with Gasteiger partial charge in [-0.1, -0.05) is 37.1 Å². The quantitative estimate of drug-likeness (QED) is 0.876. The molecule has 1 fully saturated rings. The Hall–Kier alpha value is -2.24. The van der Waals surface area contributed by atoms with E-state index in [1.807, 2.05) is 18.2 Å². The molecule has 0 unspecified atom stereocenters. The van der Waals surface area contributed by atoms with Gasteiger partial charge in [0.05, 0.1) is 0 Å². The summed E-state index contributed by atoms with van der Waals surface area (Å²) in [5.41, 5.74) is 12.4. The molecule has 0 saturated heterocycles. The molecule has 1 aromatic rings. The molecule has 0 bridgehead atoms. The molecule has 2 amide bonds. The van der Waals surface area contributed by atoms with E-state index in [2.05, 4.69) is 6.07 Å². The lowest BCUT2D eigenvalue weighted by Crippen LogP contribution is -2.44. The first-order valence-electron chi connectivity index (χ1n) is 7.59. The van der Waals surface area contributed by atoms with Gasteiger partial charge in [0.25, 0.3) is 0 Å². The number of ether oxygens (including phenoxy) is 2. The van der Waals surface area contributed by atoms with E-state index >= 15 is 0 Å². The van der Waals surface area contributed by atoms with Crippen molar-refractivity contribution in [3.05, 3.63) is 35.4 Å². The fourth-order valence-corrected chi connectivity index (χ4v) is 3.99. The zero-order chi connectivity index (χ0) is 15.7. The van der Waals surface area contributed by atoms with E-state index in [0.29, 0.717) is 5.92 Å². The number of carbonyl (C=O) groups excluding carboxylic acids is 2. The zero-order valence-corrected chi connectivity index (χ0v) is 12.2. The van der Waals surface area contributed by atoms with Gasteiger partial charge in [-0.25, -0.2) is 9.59 Å². The van der Waals surface area contributed by atoms with Crippen molar-refractivity contribution in [2.45, 2.75) is 43.8 Å². The lowest BCUT2D eigenvalue weighted by Gasteiger charge is -2.44. The topological polar surface area (TPSA) is 105 Å². The van der Waals surface area contributed by atoms with Gasteiger partial charge in [0.1, 0.15) is 6.10 Å². The van der Waals surface area contributed by atoms with Crippen LogP contribution in [0, 0.1) is 5.92 Å². The molecule has 118 valence electrons. The number of benzene rings is 1. The third-order valence-electron chi connectivity index (χ3n) is 4.74. The Morgan fingerprint density at radius 3 is 2.27 bits per heavy atom. The predicted molar refractivity (Wildman–Crippen MR) is 79.0 cm³/mol. The van der Waals surface area contributed by atoms with Crippen LogP contribution in [-0.2, 0) is 9.47 Å². The first-order chi connectivity index (χ1) is 10.6. The van der Waals surface area contributed by atoms with Gasteiger partial charge < -0.3 is 20.9 Å². The molecule has 1 saturated carbocycles. The SMILES string of the molecule is NC(=O)O[C@@H]1[C@@H]2CCCC[C@H]2c2ccccc2[C@H]1OC(N)=O. The Kier molecular flexibility index (Phi) is 3.92. The smallest absolute Gasteiger partial charge is 0.405 e. The molecule has 2 aliphatic carbocycles. The first kappa shape index (κ1) is 14.7. The highest BCUT2D eigenvalue weighted by Gasteiger charge is 2.47. The van der Waals surface area contributed by atoms with Crippen LogP contribution in [0.25, 0.3) is 0 Å². The highest BCUT2D eigenvalue weighted by molar-refractivity contribution is 5.66. The lowest BCUT2D eigenvalue weighted by molar-refractivity contribution is -0.0568. The molecule has 2 aliphatic rings. The summed E-state index contributed by atoms with van der Waals surface area (Å²) in [4.78, 5) is 22.6. The maximum atomic E-state index is 11.3. The van der Waals surface area contributed by atoms with E-state index in [1.165, 1.54) is 0 Å². The van der Waals surface area contributed by atoms with Crippen LogP contribution in [-0.4, -0.2) is 18.3 Å². The second kappa shape index (κ2) is 5.87. The summed E-state index contributed by atoms with van der Waals surface area (Å²) in [5.74, 6) is 0.391. The van der Waals surface area contributed by atoms with Crippen molar-refractivity contribution in [2.24, 2.45) is 17.4 Å². The number of primary amides is 2. The second-order valence-electron chi connectivity index (χ2n) is 5.94. The second-order valence-corrected chi connectivity index (χ2v) is 5.94. The van der Waals surface area contributed by atoms with Gasteiger partial charge in [-0.3, -0.25) is 0 Å². The molecule has 0 heterocycles. The van der Waals surface area contributed by atoms with Crippen molar-refractivity contribution in [3.63, 3.8) is 0 Å². The minimum atomic E-state index is -0.882. The monoisotopic (exact) mass is 304 g/mol. The predicted octanol–water partition coefficient (Wildman–Crippen LogP) is 2.57. The fourth-order valence-electron chi connectivity index (χ4n) is 3.99. The molecule has 0 aromatic heterocycles. The number of hydrogen-bond acceptors (Lipinski definition) is 4. The Morgan fingerprint density at radius 2 is 1.59 bits per heavy atom. The molecule has 22 heavy (non-hydrogen) atoms. The van der Waals surface area contributed by atoms with Crippen LogP contribution in [0.5, 0.6) is 0 Å². The molecular weight excluding hydrogens is 284 g/mol. The molecule has 0 radical (unpaired) electrons. The van der Waals surface area contributed by atoms with Crippen molar-refractivity contribution in [1.82, 2.24) is 0 Å². The van der Waals surface area contributed by atoms with Crippen molar-refractivity contribution < 1.29 is 19.1 Å². The maximum absolute atomic E-state index is 11.3. The number of fused-ring (bicyclic) bond motifs is 3. The Labute approximate surface area is 128 Å². The van der Waals surface area contributed by atoms with E-state index in [9.17, 15) is 9.59 Å². The van der Waals surface area contributed by atoms with Gasteiger partial charge in [0.15, 0.2) is 6.10 Å². The van der Waals surface area contributed by atoms with Crippen LogP contribution in [0.3, 0.4) is 0 Å². The normalized spacial score (nSPS) is 29.8. The summed E-state index contributed by atoms with van der Waals surface area (Å²) < 4.78 is 10.6. The Bertz CT molecular complexity index is 589. The van der Waals surface area contributed by atoms with Crippen LogP contribution in [0.1, 0.15) is 48.8 Å². The number of amides is 2. The van der Waals surface area contributed by atoms with Crippen molar-refractivity contribution >= 4 is 12.2 Å². The van der Waals surface area contributed by atoms with E-state index in [4.69, 9.17) is 20.9 Å². The van der Waals surface area contributed by atoms with Crippen LogP contribution >= 0.6 is 0 Å². The highest BCUT2D eigenvalue weighted by atomic mass is 16.6. The minimum absolute atomic E-state index is 0.0977. The minimum Gasteiger partial charge on any atom is -0.442 e. The summed E-state index contributed by atoms with van der Waals surface area (Å²) in [5, 5.41) is 0. The number of hydrogen-bond donors (Lipinski definition) is 2. The molecule has 4 N–H and O–H groups in total. The molecular formula is C16H20N2O4. The standard InChI is InChI=1S/C16H20N2O4/c17-15(19)21-13-11-7-3-1-5-9(11)10-6-2-4-8-12(10)14(13)22-16(18)20/h1,3,5,7,10,12-14H,2,4,6,8H2,(H2,17,19)(H2,18,20)/t10-,12+,13+,14+/m0/s1. The molecule has 0 aliphatic heterocycles. The van der Waals surface area contributed by atoms with Gasteiger partial charge in [-0.2, -0.15) is 0 Å². The summed E-state index contributed by atoms with van der Waals surface area (Å²) in [6, 6.07) is 7.79. The molecule has 6 nitrogen and oxygen atoms in total. The summed E-state index contributed by atoms with van der Waals surface area (Å²) in [7, 11) is 0. The highest BCUT2D eigenvalue weighted by Crippen LogP contribution is 2.50. The largest absolute Gasteiger partial charge is 0.442 e. The van der Waals surface area contributed by atoms with E-state index in [-0.39, 0.29) is 5.92 Å². The van der Waals surface area contributed by atoms with E-state index in [0.717, 1.165) is 36.8 Å². The lowest BCUT2D eigenvalue weighted by atomic mass is 9.65. The van der Waals surface area contributed by atoms with Crippen molar-refractivity contribution in [1.29, 1.82) is 0 Å². The average Bonchev–Trinajstić information content (AvgIpc) is 2.50. The number of rotatable bonds is 2. The third-order valence-corrected chi connectivity index (χ3v) is 4.74. The number of nitrogens with two attached hydrogens (primary N) is 2. The van der Waals surface area contributed by atoms with E-state index < -0.39 is 24.4 Å². The molecule has 0 spiro atoms. The molecule has 3 rings (SSSR count). The molecule has 6 heteroatoms. The Balaban J connectivity index is 2.05. The Morgan fingerprint density at radius 1 is 0.955 bits per heavy atom. The fraction of sp³-hybridized carbons (Fsp3) is 0.500. The van der Waals surface area contributed by atoms with Gasteiger partial charge in [0, 0.05) is 5.92 Å². The third kappa shape index (κ3) is 2.61.